The van der Waals surface area contributed by atoms with E-state index in [1.807, 2.05) is 17.0 Å². The van der Waals surface area contributed by atoms with Crippen LogP contribution in [0.25, 0.3) is 5.52 Å². The van der Waals surface area contributed by atoms with E-state index in [-0.39, 0.29) is 24.9 Å². The molecule has 0 bridgehead atoms. The van der Waals surface area contributed by atoms with Crippen LogP contribution < -0.4 is 0 Å². The molecule has 2 saturated heterocycles. The molecule has 0 atom stereocenters. The topological polar surface area (TPSA) is 57.9 Å². The Morgan fingerprint density at radius 2 is 1.69 bits per heavy atom. The van der Waals surface area contributed by atoms with Gasteiger partial charge < -0.3 is 9.80 Å². The van der Waals surface area contributed by atoms with E-state index in [0.717, 1.165) is 42.8 Å². The van der Waals surface area contributed by atoms with Crippen molar-refractivity contribution >= 4 is 17.3 Å². The van der Waals surface area contributed by atoms with Crippen LogP contribution in [0.15, 0.2) is 24.5 Å². The molecule has 0 N–H and O–H groups in total. The standard InChI is InChI=1S/C20H23F3N4O2/c21-20(22,23)19(29)26-9-4-14(5-10-26)15-6-11-27-17(12-15)16(13-24-27)18(28)25-7-2-1-3-8-25/h6,11-14H,1-5,7-10H2. The van der Waals surface area contributed by atoms with Crippen LogP contribution in [0.1, 0.15) is 53.9 Å². The van der Waals surface area contributed by atoms with Crippen LogP contribution in [0.2, 0.25) is 0 Å². The van der Waals surface area contributed by atoms with Gasteiger partial charge >= 0.3 is 12.1 Å². The number of carbonyl (C=O) groups excluding carboxylic acids is 2. The lowest BCUT2D eigenvalue weighted by Gasteiger charge is -2.32. The van der Waals surface area contributed by atoms with E-state index in [4.69, 9.17) is 0 Å². The average molecular weight is 408 g/mol. The maximum Gasteiger partial charge on any atom is 0.471 e. The monoisotopic (exact) mass is 408 g/mol. The van der Waals surface area contributed by atoms with E-state index in [1.165, 1.54) is 0 Å². The molecular formula is C20H23F3N4O2. The Balaban J connectivity index is 1.51. The SMILES string of the molecule is O=C(c1cnn2ccc(C3CCN(C(=O)C(F)(F)F)CC3)cc12)N1CCCCC1. The molecule has 6 nitrogen and oxygen atoms in total. The molecule has 0 unspecified atom stereocenters. The largest absolute Gasteiger partial charge is 0.471 e. The number of rotatable bonds is 2. The Kier molecular flexibility index (Phi) is 5.23. The van der Waals surface area contributed by atoms with Crippen LogP contribution in [-0.4, -0.2) is 63.6 Å². The molecule has 156 valence electrons. The van der Waals surface area contributed by atoms with Crippen molar-refractivity contribution in [1.29, 1.82) is 0 Å². The van der Waals surface area contributed by atoms with Gasteiger partial charge in [-0.1, -0.05) is 0 Å². The van der Waals surface area contributed by atoms with Gasteiger partial charge in [0.2, 0.25) is 0 Å². The molecule has 9 heteroatoms. The summed E-state index contributed by atoms with van der Waals surface area (Å²) >= 11 is 0. The first-order valence-corrected chi connectivity index (χ1v) is 9.97. The summed E-state index contributed by atoms with van der Waals surface area (Å²) in [5.74, 6) is -1.75. The van der Waals surface area contributed by atoms with E-state index >= 15 is 0 Å². The van der Waals surface area contributed by atoms with E-state index in [9.17, 15) is 22.8 Å². The van der Waals surface area contributed by atoms with E-state index in [0.29, 0.717) is 23.9 Å². The number of alkyl halides is 3. The average Bonchev–Trinajstić information content (AvgIpc) is 3.16. The van der Waals surface area contributed by atoms with Gasteiger partial charge in [-0.15, -0.1) is 0 Å². The third kappa shape index (κ3) is 3.95. The van der Waals surface area contributed by atoms with Gasteiger partial charge in [-0.3, -0.25) is 9.59 Å². The van der Waals surface area contributed by atoms with Crippen molar-refractivity contribution < 1.29 is 22.8 Å². The number of nitrogens with zero attached hydrogens (tertiary/aromatic N) is 4. The van der Waals surface area contributed by atoms with Crippen molar-refractivity contribution in [3.8, 4) is 0 Å². The maximum absolute atomic E-state index is 12.9. The molecule has 0 saturated carbocycles. The minimum absolute atomic E-state index is 0.0255. The number of amides is 2. The highest BCUT2D eigenvalue weighted by Crippen LogP contribution is 2.31. The van der Waals surface area contributed by atoms with Crippen molar-refractivity contribution in [3.63, 3.8) is 0 Å². The van der Waals surface area contributed by atoms with Gasteiger partial charge in [0.15, 0.2) is 0 Å². The lowest BCUT2D eigenvalue weighted by Crippen LogP contribution is -2.45. The number of pyridine rings is 1. The van der Waals surface area contributed by atoms with Crippen molar-refractivity contribution in [2.45, 2.75) is 44.2 Å². The summed E-state index contributed by atoms with van der Waals surface area (Å²) in [7, 11) is 0. The number of hydrogen-bond acceptors (Lipinski definition) is 3. The molecule has 29 heavy (non-hydrogen) atoms. The molecule has 2 fully saturated rings. The summed E-state index contributed by atoms with van der Waals surface area (Å²) < 4.78 is 39.5. The molecule has 2 aliphatic heterocycles. The Hall–Kier alpha value is -2.58. The summed E-state index contributed by atoms with van der Waals surface area (Å²) in [5, 5.41) is 4.27. The van der Waals surface area contributed by atoms with Gasteiger partial charge in [0.05, 0.1) is 17.3 Å². The highest BCUT2D eigenvalue weighted by atomic mass is 19.4. The smallest absolute Gasteiger partial charge is 0.339 e. The van der Waals surface area contributed by atoms with Gasteiger partial charge in [-0.2, -0.15) is 18.3 Å². The van der Waals surface area contributed by atoms with Crippen LogP contribution in [-0.2, 0) is 4.79 Å². The first-order valence-electron chi connectivity index (χ1n) is 9.97. The molecular weight excluding hydrogens is 385 g/mol. The molecule has 4 rings (SSSR count). The van der Waals surface area contributed by atoms with Crippen molar-refractivity contribution in [1.82, 2.24) is 19.4 Å². The summed E-state index contributed by atoms with van der Waals surface area (Å²) in [6.07, 6.45) is 2.61. The first-order chi connectivity index (χ1) is 13.8. The number of fused-ring (bicyclic) bond motifs is 1. The number of carbonyl (C=O) groups is 2. The molecule has 0 aromatic carbocycles. The van der Waals surface area contributed by atoms with Crippen LogP contribution in [0.4, 0.5) is 13.2 Å². The normalized spacial score (nSPS) is 19.0. The summed E-state index contributed by atoms with van der Waals surface area (Å²) in [6.45, 7) is 1.66. The number of halogens is 3. The van der Waals surface area contributed by atoms with Crippen LogP contribution >= 0.6 is 0 Å². The second kappa shape index (κ2) is 7.68. The third-order valence-electron chi connectivity index (χ3n) is 5.92. The van der Waals surface area contributed by atoms with Crippen LogP contribution in [0, 0.1) is 0 Å². The molecule has 0 radical (unpaired) electrons. The Labute approximate surface area is 166 Å². The van der Waals surface area contributed by atoms with Gasteiger partial charge in [-0.05, 0) is 55.7 Å². The summed E-state index contributed by atoms with van der Waals surface area (Å²) in [4.78, 5) is 27.0. The van der Waals surface area contributed by atoms with Gasteiger partial charge in [0, 0.05) is 32.4 Å². The fraction of sp³-hybridized carbons (Fsp3) is 0.550. The number of likely N-dealkylation sites (tertiary alicyclic amines) is 2. The fourth-order valence-corrected chi connectivity index (χ4v) is 4.28. The highest BCUT2D eigenvalue weighted by molar-refractivity contribution is 6.00. The minimum Gasteiger partial charge on any atom is -0.339 e. The lowest BCUT2D eigenvalue weighted by molar-refractivity contribution is -0.186. The minimum atomic E-state index is -4.83. The Bertz CT molecular complexity index is 910. The quantitative estimate of drug-likeness (QED) is 0.767. The van der Waals surface area contributed by atoms with E-state index in [2.05, 4.69) is 5.10 Å². The fourth-order valence-electron chi connectivity index (χ4n) is 4.28. The highest BCUT2D eigenvalue weighted by Gasteiger charge is 2.43. The van der Waals surface area contributed by atoms with Gasteiger partial charge in [0.25, 0.3) is 5.91 Å². The first kappa shape index (κ1) is 19.7. The summed E-state index contributed by atoms with van der Waals surface area (Å²) in [6, 6.07) is 3.80. The maximum atomic E-state index is 12.9. The predicted octanol–water partition coefficient (Wildman–Crippen LogP) is 3.23. The molecule has 4 heterocycles. The van der Waals surface area contributed by atoms with Crippen LogP contribution in [0.5, 0.6) is 0 Å². The van der Waals surface area contributed by atoms with Crippen molar-refractivity contribution in [2.24, 2.45) is 0 Å². The van der Waals surface area contributed by atoms with Gasteiger partial charge in [0.1, 0.15) is 0 Å². The van der Waals surface area contributed by atoms with Crippen molar-refractivity contribution in [2.75, 3.05) is 26.2 Å². The zero-order valence-electron chi connectivity index (χ0n) is 16.0. The zero-order valence-corrected chi connectivity index (χ0v) is 16.0. The number of aromatic nitrogens is 2. The molecule has 0 spiro atoms. The second-order valence-corrected chi connectivity index (χ2v) is 7.77. The van der Waals surface area contributed by atoms with Crippen molar-refractivity contribution in [3.05, 3.63) is 35.7 Å². The molecule has 2 amide bonds. The lowest BCUT2D eigenvalue weighted by atomic mass is 9.89. The third-order valence-corrected chi connectivity index (χ3v) is 5.92. The Morgan fingerprint density at radius 1 is 1.00 bits per heavy atom. The second-order valence-electron chi connectivity index (χ2n) is 7.77. The van der Waals surface area contributed by atoms with Crippen LogP contribution in [0.3, 0.4) is 0 Å². The van der Waals surface area contributed by atoms with Gasteiger partial charge in [-0.25, -0.2) is 4.52 Å². The number of piperidine rings is 2. The number of hydrogen-bond donors (Lipinski definition) is 0. The molecule has 0 aliphatic carbocycles. The summed E-state index contributed by atoms with van der Waals surface area (Å²) in [5.41, 5.74) is 2.23. The zero-order chi connectivity index (χ0) is 20.6. The molecule has 2 aliphatic rings. The Morgan fingerprint density at radius 3 is 2.34 bits per heavy atom. The molecule has 2 aromatic heterocycles. The van der Waals surface area contributed by atoms with E-state index in [1.54, 1.807) is 16.9 Å². The molecule has 2 aromatic rings. The van der Waals surface area contributed by atoms with E-state index < -0.39 is 12.1 Å². The predicted molar refractivity (Wildman–Crippen MR) is 99.6 cm³/mol.